The number of fused-ring (bicyclic) bond motifs is 1. The average Bonchev–Trinajstić information content (AvgIpc) is 3.11. The highest BCUT2D eigenvalue weighted by molar-refractivity contribution is 7.22. The molecule has 1 saturated heterocycles. The SMILES string of the molecule is O=C1CCC(=O)N1C1CCC(Nc2nc3ccccc3s2)CC1. The van der Waals surface area contributed by atoms with Crippen LogP contribution in [0.1, 0.15) is 38.5 Å². The highest BCUT2D eigenvalue weighted by Crippen LogP contribution is 2.31. The second-order valence-corrected chi connectivity index (χ2v) is 7.32. The van der Waals surface area contributed by atoms with Gasteiger partial charge in [0.1, 0.15) is 0 Å². The Morgan fingerprint density at radius 3 is 2.43 bits per heavy atom. The topological polar surface area (TPSA) is 62.3 Å². The fourth-order valence-electron chi connectivity index (χ4n) is 3.59. The van der Waals surface area contributed by atoms with Crippen LogP contribution >= 0.6 is 11.3 Å². The standard InChI is InChI=1S/C17H19N3O2S/c21-15-9-10-16(22)20(15)12-7-5-11(6-8-12)18-17-19-13-3-1-2-4-14(13)23-17/h1-4,11-12H,5-10H2,(H,18,19). The maximum Gasteiger partial charge on any atom is 0.229 e. The predicted octanol–water partition coefficient (Wildman–Crippen LogP) is 3.17. The minimum atomic E-state index is 0.0117. The van der Waals surface area contributed by atoms with Crippen LogP contribution in [0.5, 0.6) is 0 Å². The van der Waals surface area contributed by atoms with Crippen LogP contribution in [0.25, 0.3) is 10.2 Å². The molecule has 120 valence electrons. The Labute approximate surface area is 138 Å². The number of nitrogens with one attached hydrogen (secondary N) is 1. The lowest BCUT2D eigenvalue weighted by atomic mass is 9.90. The van der Waals surface area contributed by atoms with Gasteiger partial charge in [-0.05, 0) is 37.8 Å². The lowest BCUT2D eigenvalue weighted by Crippen LogP contribution is -2.43. The maximum atomic E-state index is 11.8. The number of likely N-dealkylation sites (tertiary alicyclic amines) is 1. The van der Waals surface area contributed by atoms with Crippen LogP contribution in [0.15, 0.2) is 24.3 Å². The van der Waals surface area contributed by atoms with Crippen LogP contribution in [-0.4, -0.2) is 33.8 Å². The second kappa shape index (κ2) is 5.92. The van der Waals surface area contributed by atoms with E-state index in [1.807, 2.05) is 18.2 Å². The number of anilines is 1. The molecule has 1 N–H and O–H groups in total. The van der Waals surface area contributed by atoms with E-state index in [9.17, 15) is 9.59 Å². The first kappa shape index (κ1) is 14.6. The Hall–Kier alpha value is -1.95. The van der Waals surface area contributed by atoms with E-state index in [1.54, 1.807) is 11.3 Å². The summed E-state index contributed by atoms with van der Waals surface area (Å²) in [6, 6.07) is 8.62. The molecule has 0 radical (unpaired) electrons. The van der Waals surface area contributed by atoms with Crippen molar-refractivity contribution >= 4 is 38.5 Å². The van der Waals surface area contributed by atoms with Crippen molar-refractivity contribution in [1.29, 1.82) is 0 Å². The molecule has 0 bridgehead atoms. The lowest BCUT2D eigenvalue weighted by Gasteiger charge is -2.33. The minimum absolute atomic E-state index is 0.0117. The molecule has 0 unspecified atom stereocenters. The third-order valence-electron chi connectivity index (χ3n) is 4.77. The molecule has 0 atom stereocenters. The highest BCUT2D eigenvalue weighted by atomic mass is 32.1. The normalized spacial score (nSPS) is 25.3. The number of amides is 2. The fraction of sp³-hybridized carbons (Fsp3) is 0.471. The van der Waals surface area contributed by atoms with Gasteiger partial charge in [0.2, 0.25) is 11.8 Å². The summed E-state index contributed by atoms with van der Waals surface area (Å²) in [5, 5.41) is 4.48. The number of carbonyl (C=O) groups is 2. The second-order valence-electron chi connectivity index (χ2n) is 6.29. The Morgan fingerprint density at radius 2 is 1.74 bits per heavy atom. The van der Waals surface area contributed by atoms with E-state index in [0.29, 0.717) is 18.9 Å². The maximum absolute atomic E-state index is 11.8. The van der Waals surface area contributed by atoms with Gasteiger partial charge in [-0.3, -0.25) is 14.5 Å². The van der Waals surface area contributed by atoms with E-state index in [4.69, 9.17) is 0 Å². The first-order valence-corrected chi connectivity index (χ1v) is 8.99. The molecule has 23 heavy (non-hydrogen) atoms. The third kappa shape index (κ3) is 2.83. The van der Waals surface area contributed by atoms with Gasteiger partial charge in [0.15, 0.2) is 5.13 Å². The van der Waals surface area contributed by atoms with E-state index in [0.717, 1.165) is 36.3 Å². The van der Waals surface area contributed by atoms with Crippen molar-refractivity contribution in [3.05, 3.63) is 24.3 Å². The van der Waals surface area contributed by atoms with Gasteiger partial charge >= 0.3 is 0 Å². The Morgan fingerprint density at radius 1 is 1.04 bits per heavy atom. The zero-order valence-corrected chi connectivity index (χ0v) is 13.6. The number of thiazole rings is 1. The van der Waals surface area contributed by atoms with E-state index in [-0.39, 0.29) is 17.9 Å². The number of aromatic nitrogens is 1. The molecule has 1 aromatic heterocycles. The van der Waals surface area contributed by atoms with Gasteiger partial charge in [0.05, 0.1) is 10.2 Å². The van der Waals surface area contributed by atoms with Gasteiger partial charge < -0.3 is 5.32 Å². The van der Waals surface area contributed by atoms with Crippen molar-refractivity contribution in [1.82, 2.24) is 9.88 Å². The van der Waals surface area contributed by atoms with Gasteiger partial charge in [0.25, 0.3) is 0 Å². The molecule has 2 amide bonds. The summed E-state index contributed by atoms with van der Waals surface area (Å²) in [7, 11) is 0. The van der Waals surface area contributed by atoms with Gasteiger partial charge in [0, 0.05) is 24.9 Å². The molecule has 2 fully saturated rings. The summed E-state index contributed by atoms with van der Waals surface area (Å²) in [6.07, 6.45) is 4.50. The van der Waals surface area contributed by atoms with Crippen LogP contribution in [0, 0.1) is 0 Å². The Balaban J connectivity index is 1.38. The van der Waals surface area contributed by atoms with Crippen molar-refractivity contribution in [3.63, 3.8) is 0 Å². The molecule has 1 aliphatic carbocycles. The van der Waals surface area contributed by atoms with Crippen molar-refractivity contribution in [2.24, 2.45) is 0 Å². The van der Waals surface area contributed by atoms with Gasteiger partial charge in [-0.2, -0.15) is 0 Å². The summed E-state index contributed by atoms with van der Waals surface area (Å²) < 4.78 is 1.19. The molecule has 4 rings (SSSR count). The van der Waals surface area contributed by atoms with Crippen LogP contribution in [0.2, 0.25) is 0 Å². The Bertz CT molecular complexity index is 700. The van der Waals surface area contributed by atoms with Gasteiger partial charge in [-0.15, -0.1) is 0 Å². The quantitative estimate of drug-likeness (QED) is 0.879. The number of nitrogens with zero attached hydrogens (tertiary/aromatic N) is 2. The molecular formula is C17H19N3O2S. The molecule has 2 aliphatic rings. The zero-order chi connectivity index (χ0) is 15.8. The van der Waals surface area contributed by atoms with E-state index >= 15 is 0 Å². The molecule has 1 aliphatic heterocycles. The fourth-order valence-corrected chi connectivity index (χ4v) is 4.53. The summed E-state index contributed by atoms with van der Waals surface area (Å²) in [6.45, 7) is 0. The minimum Gasteiger partial charge on any atom is -0.359 e. The zero-order valence-electron chi connectivity index (χ0n) is 12.8. The summed E-state index contributed by atoms with van der Waals surface area (Å²) in [4.78, 5) is 29.8. The number of para-hydroxylation sites is 1. The first-order valence-electron chi connectivity index (χ1n) is 8.18. The van der Waals surface area contributed by atoms with E-state index in [2.05, 4.69) is 16.4 Å². The van der Waals surface area contributed by atoms with E-state index in [1.165, 1.54) is 9.60 Å². The third-order valence-corrected chi connectivity index (χ3v) is 5.74. The van der Waals surface area contributed by atoms with Gasteiger partial charge in [-0.1, -0.05) is 23.5 Å². The molecular weight excluding hydrogens is 310 g/mol. The van der Waals surface area contributed by atoms with Crippen molar-refractivity contribution in [2.75, 3.05) is 5.32 Å². The van der Waals surface area contributed by atoms with Gasteiger partial charge in [-0.25, -0.2) is 4.98 Å². The number of rotatable bonds is 3. The van der Waals surface area contributed by atoms with Crippen LogP contribution in [0.3, 0.4) is 0 Å². The van der Waals surface area contributed by atoms with Crippen LogP contribution in [0.4, 0.5) is 5.13 Å². The average molecular weight is 329 g/mol. The monoisotopic (exact) mass is 329 g/mol. The van der Waals surface area contributed by atoms with Crippen molar-refractivity contribution in [2.45, 2.75) is 50.6 Å². The molecule has 1 saturated carbocycles. The predicted molar refractivity (Wildman–Crippen MR) is 90.4 cm³/mol. The molecule has 2 aromatic rings. The van der Waals surface area contributed by atoms with Crippen molar-refractivity contribution in [3.8, 4) is 0 Å². The van der Waals surface area contributed by atoms with Crippen LogP contribution in [-0.2, 0) is 9.59 Å². The molecule has 1 aromatic carbocycles. The number of carbonyl (C=O) groups excluding carboxylic acids is 2. The Kier molecular flexibility index (Phi) is 3.77. The molecule has 6 heteroatoms. The number of hydrogen-bond acceptors (Lipinski definition) is 5. The number of hydrogen-bond donors (Lipinski definition) is 1. The number of benzene rings is 1. The van der Waals surface area contributed by atoms with Crippen molar-refractivity contribution < 1.29 is 9.59 Å². The molecule has 2 heterocycles. The first-order chi connectivity index (χ1) is 11.2. The molecule has 5 nitrogen and oxygen atoms in total. The molecule has 0 spiro atoms. The number of imide groups is 1. The smallest absolute Gasteiger partial charge is 0.229 e. The summed E-state index contributed by atoms with van der Waals surface area (Å²) in [5.41, 5.74) is 1.03. The summed E-state index contributed by atoms with van der Waals surface area (Å²) in [5.74, 6) is 0.0233. The van der Waals surface area contributed by atoms with E-state index < -0.39 is 0 Å². The largest absolute Gasteiger partial charge is 0.359 e. The highest BCUT2D eigenvalue weighted by Gasteiger charge is 2.36. The summed E-state index contributed by atoms with van der Waals surface area (Å²) >= 11 is 1.68. The van der Waals surface area contributed by atoms with Crippen LogP contribution < -0.4 is 5.32 Å². The lowest BCUT2D eigenvalue weighted by molar-refractivity contribution is -0.141.